The van der Waals surface area contributed by atoms with E-state index in [-0.39, 0.29) is 23.6 Å². The molecule has 0 aliphatic heterocycles. The summed E-state index contributed by atoms with van der Waals surface area (Å²) >= 11 is 2.90. The van der Waals surface area contributed by atoms with E-state index in [0.29, 0.717) is 18.8 Å². The molecule has 1 aliphatic rings. The highest BCUT2D eigenvalue weighted by Gasteiger charge is 2.18. The molecule has 0 bridgehead atoms. The van der Waals surface area contributed by atoms with E-state index in [4.69, 9.17) is 0 Å². The Hall–Kier alpha value is -1.31. The number of carbonyl (C=O) groups excluding carboxylic acids is 2. The number of para-hydroxylation sites is 1. The van der Waals surface area contributed by atoms with Crippen molar-refractivity contribution in [3.63, 3.8) is 0 Å². The second-order valence-electron chi connectivity index (χ2n) is 7.35. The van der Waals surface area contributed by atoms with Gasteiger partial charge in [0.15, 0.2) is 5.12 Å². The largest absolute Gasteiger partial charge is 0.331 e. The van der Waals surface area contributed by atoms with Crippen molar-refractivity contribution in [2.24, 2.45) is 5.92 Å². The fourth-order valence-electron chi connectivity index (χ4n) is 3.69. The molecule has 1 N–H and O–H groups in total. The van der Waals surface area contributed by atoms with E-state index < -0.39 is 0 Å². The SMILES string of the molecule is CC(=O)SCCN(CCC1CCCCC1)C(=O)NCc1nc2ccccc2s1.Cl. The molecule has 0 saturated heterocycles. The molecule has 1 aromatic carbocycles. The molecule has 0 atom stereocenters. The van der Waals surface area contributed by atoms with Crippen molar-refractivity contribution >= 4 is 56.9 Å². The van der Waals surface area contributed by atoms with Crippen LogP contribution in [0.25, 0.3) is 10.2 Å². The zero-order valence-electron chi connectivity index (χ0n) is 16.9. The minimum Gasteiger partial charge on any atom is -0.331 e. The van der Waals surface area contributed by atoms with E-state index in [1.54, 1.807) is 18.3 Å². The Labute approximate surface area is 187 Å². The molecule has 1 heterocycles. The van der Waals surface area contributed by atoms with Crippen molar-refractivity contribution in [3.05, 3.63) is 29.3 Å². The van der Waals surface area contributed by atoms with E-state index in [0.717, 1.165) is 34.1 Å². The molecule has 5 nitrogen and oxygen atoms in total. The summed E-state index contributed by atoms with van der Waals surface area (Å²) in [6.07, 6.45) is 7.59. The van der Waals surface area contributed by atoms with Gasteiger partial charge in [0, 0.05) is 25.8 Å². The molecular weight excluding hydrogens is 426 g/mol. The lowest BCUT2D eigenvalue weighted by Crippen LogP contribution is -2.42. The van der Waals surface area contributed by atoms with Crippen molar-refractivity contribution in [2.45, 2.75) is 52.0 Å². The van der Waals surface area contributed by atoms with Crippen molar-refractivity contribution < 1.29 is 9.59 Å². The van der Waals surface area contributed by atoms with E-state index in [9.17, 15) is 9.59 Å². The summed E-state index contributed by atoms with van der Waals surface area (Å²) in [6.45, 7) is 3.37. The van der Waals surface area contributed by atoms with E-state index in [2.05, 4.69) is 10.3 Å². The lowest BCUT2D eigenvalue weighted by atomic mass is 9.87. The summed E-state index contributed by atoms with van der Waals surface area (Å²) < 4.78 is 1.14. The number of hydrogen-bond acceptors (Lipinski definition) is 5. The summed E-state index contributed by atoms with van der Waals surface area (Å²) in [7, 11) is 0. The van der Waals surface area contributed by atoms with Crippen molar-refractivity contribution in [3.8, 4) is 0 Å². The molecule has 0 spiro atoms. The van der Waals surface area contributed by atoms with Crippen LogP contribution in [0.15, 0.2) is 24.3 Å². The molecule has 8 heteroatoms. The van der Waals surface area contributed by atoms with Gasteiger partial charge in [-0.1, -0.05) is 56.0 Å². The number of benzene rings is 1. The molecular formula is C21H30ClN3O2S2. The van der Waals surface area contributed by atoms with Gasteiger partial charge in [0.05, 0.1) is 16.8 Å². The molecule has 1 saturated carbocycles. The second kappa shape index (κ2) is 12.4. The number of thioether (sulfide) groups is 1. The van der Waals surface area contributed by atoms with Gasteiger partial charge >= 0.3 is 6.03 Å². The number of nitrogens with zero attached hydrogens (tertiary/aromatic N) is 2. The standard InChI is InChI=1S/C21H29N3O2S2.ClH/c1-16(25)27-14-13-24(12-11-17-7-3-2-4-8-17)21(26)22-15-20-23-18-9-5-6-10-19(18)28-20;/h5-6,9-10,17H,2-4,7-8,11-15H2,1H3,(H,22,26);1H. The minimum absolute atomic E-state index is 0. The topological polar surface area (TPSA) is 62.3 Å². The van der Waals surface area contributed by atoms with Crippen LogP contribution in [0.5, 0.6) is 0 Å². The summed E-state index contributed by atoms with van der Waals surface area (Å²) in [4.78, 5) is 30.5. The first-order valence-electron chi connectivity index (χ1n) is 10.1. The Balaban J connectivity index is 0.00000300. The molecule has 1 fully saturated rings. The maximum Gasteiger partial charge on any atom is 0.317 e. The zero-order chi connectivity index (χ0) is 19.8. The first-order chi connectivity index (χ1) is 13.6. The number of aromatic nitrogens is 1. The Morgan fingerprint density at radius 2 is 1.97 bits per heavy atom. The van der Waals surface area contributed by atoms with Crippen LogP contribution in [0, 0.1) is 5.92 Å². The maximum absolute atomic E-state index is 12.8. The number of halogens is 1. The number of amides is 2. The average molecular weight is 456 g/mol. The second-order valence-corrected chi connectivity index (χ2v) is 9.74. The Morgan fingerprint density at radius 1 is 1.21 bits per heavy atom. The summed E-state index contributed by atoms with van der Waals surface area (Å²) in [6, 6.07) is 7.96. The number of urea groups is 1. The first kappa shape index (κ1) is 24.0. The van der Waals surface area contributed by atoms with Crippen molar-refractivity contribution in [1.29, 1.82) is 0 Å². The van der Waals surface area contributed by atoms with Gasteiger partial charge in [-0.25, -0.2) is 9.78 Å². The summed E-state index contributed by atoms with van der Waals surface area (Å²) in [5.74, 6) is 1.38. The Kier molecular flexibility index (Phi) is 10.2. The van der Waals surface area contributed by atoms with Gasteiger partial charge in [-0.05, 0) is 24.5 Å². The normalized spacial score (nSPS) is 14.4. The molecule has 0 unspecified atom stereocenters. The monoisotopic (exact) mass is 455 g/mol. The zero-order valence-corrected chi connectivity index (χ0v) is 19.3. The van der Waals surface area contributed by atoms with E-state index in [1.807, 2.05) is 29.2 Å². The molecule has 2 amide bonds. The smallest absolute Gasteiger partial charge is 0.317 e. The van der Waals surface area contributed by atoms with Crippen LogP contribution in [0.3, 0.4) is 0 Å². The highest BCUT2D eigenvalue weighted by atomic mass is 35.5. The molecule has 2 aromatic rings. The van der Waals surface area contributed by atoms with Crippen LogP contribution >= 0.6 is 35.5 Å². The van der Waals surface area contributed by atoms with Crippen molar-refractivity contribution in [2.75, 3.05) is 18.8 Å². The molecule has 3 rings (SSSR count). The van der Waals surface area contributed by atoms with E-state index in [1.165, 1.54) is 43.9 Å². The number of nitrogens with one attached hydrogen (secondary N) is 1. The fraction of sp³-hybridized carbons (Fsp3) is 0.571. The number of carbonyl (C=O) groups is 2. The highest BCUT2D eigenvalue weighted by Crippen LogP contribution is 2.26. The van der Waals surface area contributed by atoms with Crippen molar-refractivity contribution in [1.82, 2.24) is 15.2 Å². The third-order valence-corrected chi connectivity index (χ3v) is 7.04. The first-order valence-corrected chi connectivity index (χ1v) is 11.9. The van der Waals surface area contributed by atoms with Gasteiger partial charge in [-0.3, -0.25) is 4.79 Å². The molecule has 29 heavy (non-hydrogen) atoms. The number of fused-ring (bicyclic) bond motifs is 1. The van der Waals surface area contributed by atoms with Gasteiger partial charge in [0.1, 0.15) is 5.01 Å². The van der Waals surface area contributed by atoms with Gasteiger partial charge in [-0.15, -0.1) is 23.7 Å². The average Bonchev–Trinajstić information content (AvgIpc) is 3.12. The predicted octanol–water partition coefficient (Wildman–Crippen LogP) is 5.48. The van der Waals surface area contributed by atoms with E-state index >= 15 is 0 Å². The number of hydrogen-bond donors (Lipinski definition) is 1. The molecule has 0 radical (unpaired) electrons. The third-order valence-electron chi connectivity index (χ3n) is 5.21. The lowest BCUT2D eigenvalue weighted by Gasteiger charge is -2.27. The quantitative estimate of drug-likeness (QED) is 0.572. The Morgan fingerprint density at radius 3 is 2.69 bits per heavy atom. The van der Waals surface area contributed by atoms with Crippen LogP contribution in [0.4, 0.5) is 4.79 Å². The summed E-state index contributed by atoms with van der Waals surface area (Å²) in [5.41, 5.74) is 0.976. The number of thiazole rings is 1. The van der Waals surface area contributed by atoms with Gasteiger partial charge < -0.3 is 10.2 Å². The molecule has 160 valence electrons. The summed E-state index contributed by atoms with van der Waals surface area (Å²) in [5, 5.41) is 4.04. The molecule has 1 aromatic heterocycles. The predicted molar refractivity (Wildman–Crippen MR) is 125 cm³/mol. The maximum atomic E-state index is 12.8. The van der Waals surface area contributed by atoms with Gasteiger partial charge in [0.2, 0.25) is 0 Å². The van der Waals surface area contributed by atoms with Gasteiger partial charge in [-0.2, -0.15) is 0 Å². The Bertz CT molecular complexity index is 760. The van der Waals surface area contributed by atoms with Crippen LogP contribution in [-0.4, -0.2) is 39.9 Å². The fourth-order valence-corrected chi connectivity index (χ4v) is 5.19. The third kappa shape index (κ3) is 7.79. The number of rotatable bonds is 8. The minimum atomic E-state index is -0.0563. The van der Waals surface area contributed by atoms with Gasteiger partial charge in [0.25, 0.3) is 0 Å². The van der Waals surface area contributed by atoms with Crippen LogP contribution in [-0.2, 0) is 11.3 Å². The van der Waals surface area contributed by atoms with Crippen LogP contribution in [0.2, 0.25) is 0 Å². The van der Waals surface area contributed by atoms with Crippen LogP contribution in [0.1, 0.15) is 50.5 Å². The molecule has 1 aliphatic carbocycles. The van der Waals surface area contributed by atoms with Crippen LogP contribution < -0.4 is 5.32 Å². The highest BCUT2D eigenvalue weighted by molar-refractivity contribution is 8.13. The lowest BCUT2D eigenvalue weighted by molar-refractivity contribution is -0.109.